The lowest BCUT2D eigenvalue weighted by molar-refractivity contribution is -0.157. The van der Waals surface area contributed by atoms with Gasteiger partial charge in [0.25, 0.3) is 0 Å². The SMILES string of the molecule is CCCCCCCCCCCCCCC=CC(CC(=O)O)C(=O)OC1CC[C@@]2(C)C(=CCC3C2CC[C@@]2(C)C3CC[C@@H]2[C@H](C)CCCC(C)C)C1. The summed E-state index contributed by atoms with van der Waals surface area (Å²) in [5.41, 5.74) is 2.22. The molecule has 0 amide bonds. The Balaban J connectivity index is 1.22. The van der Waals surface area contributed by atoms with Gasteiger partial charge in [0.15, 0.2) is 0 Å². The standard InChI is InChI=1S/C47H80O4/c1-7-8-9-10-11-12-13-14-15-16-17-18-19-20-24-37(33-44(48)49)45(50)51-39-29-31-46(5)38(34-39)25-26-40-42-28-27-41(36(4)23-21-22-35(2)3)47(42,6)32-30-43(40)46/h20,24-25,35-37,39-43H,7-19,21-23,26-34H2,1-6H3,(H,48,49)/t36-,37?,39?,40?,41-,42?,43?,46+,47-/m1/s1. The Hall–Kier alpha value is -1.58. The van der Waals surface area contributed by atoms with E-state index in [1.54, 1.807) is 0 Å². The van der Waals surface area contributed by atoms with E-state index in [9.17, 15) is 14.7 Å². The van der Waals surface area contributed by atoms with Gasteiger partial charge in [-0.15, -0.1) is 0 Å². The molecule has 0 heterocycles. The number of allylic oxidation sites excluding steroid dienone is 2. The minimum Gasteiger partial charge on any atom is -0.481 e. The van der Waals surface area contributed by atoms with Gasteiger partial charge in [-0.25, -0.2) is 0 Å². The molecule has 3 saturated carbocycles. The zero-order valence-corrected chi connectivity index (χ0v) is 34.2. The maximum atomic E-state index is 13.4. The number of unbranched alkanes of at least 4 members (excludes halogenated alkanes) is 12. The molecule has 0 radical (unpaired) electrons. The van der Waals surface area contributed by atoms with Gasteiger partial charge in [-0.2, -0.15) is 0 Å². The molecule has 0 aromatic carbocycles. The third kappa shape index (κ3) is 11.7. The number of carbonyl (C=O) groups is 2. The van der Waals surface area contributed by atoms with Crippen molar-refractivity contribution in [2.45, 2.75) is 208 Å². The van der Waals surface area contributed by atoms with Gasteiger partial charge in [-0.3, -0.25) is 9.59 Å². The normalized spacial score (nSPS) is 31.5. The van der Waals surface area contributed by atoms with Gasteiger partial charge in [-0.05, 0) is 104 Å². The van der Waals surface area contributed by atoms with Crippen molar-refractivity contribution in [1.29, 1.82) is 0 Å². The van der Waals surface area contributed by atoms with Crippen molar-refractivity contribution < 1.29 is 19.4 Å². The number of carboxylic acid groups (broad SMARTS) is 1. The highest BCUT2D eigenvalue weighted by Crippen LogP contribution is 2.67. The van der Waals surface area contributed by atoms with Crippen LogP contribution in [0, 0.1) is 52.3 Å². The highest BCUT2D eigenvalue weighted by Gasteiger charge is 2.59. The number of fused-ring (bicyclic) bond motifs is 5. The van der Waals surface area contributed by atoms with Crippen molar-refractivity contribution in [3.8, 4) is 0 Å². The molecule has 1 N–H and O–H groups in total. The fourth-order valence-electron chi connectivity index (χ4n) is 11.8. The van der Waals surface area contributed by atoms with Gasteiger partial charge in [0.2, 0.25) is 0 Å². The highest BCUT2D eigenvalue weighted by atomic mass is 16.5. The van der Waals surface area contributed by atoms with E-state index in [4.69, 9.17) is 4.74 Å². The Bertz CT molecular complexity index is 1120. The first-order chi connectivity index (χ1) is 24.5. The summed E-state index contributed by atoms with van der Waals surface area (Å²) < 4.78 is 6.13. The predicted octanol–water partition coefficient (Wildman–Crippen LogP) is 13.7. The first-order valence-electron chi connectivity index (χ1n) is 22.3. The minimum absolute atomic E-state index is 0.134. The number of rotatable bonds is 23. The van der Waals surface area contributed by atoms with Crippen molar-refractivity contribution in [1.82, 2.24) is 0 Å². The zero-order chi connectivity index (χ0) is 36.9. The molecule has 5 unspecified atom stereocenters. The Morgan fingerprint density at radius 2 is 1.51 bits per heavy atom. The van der Waals surface area contributed by atoms with Crippen LogP contribution in [0.25, 0.3) is 0 Å². The summed E-state index contributed by atoms with van der Waals surface area (Å²) in [4.78, 5) is 25.1. The summed E-state index contributed by atoms with van der Waals surface area (Å²) in [5, 5.41) is 9.59. The molecular formula is C47H80O4. The number of esters is 1. The molecule has 0 aromatic heterocycles. The Morgan fingerprint density at radius 3 is 2.16 bits per heavy atom. The van der Waals surface area contributed by atoms with Crippen molar-refractivity contribution in [2.75, 3.05) is 0 Å². The Morgan fingerprint density at radius 1 is 0.843 bits per heavy atom. The van der Waals surface area contributed by atoms with Crippen LogP contribution in [-0.4, -0.2) is 23.1 Å². The van der Waals surface area contributed by atoms with E-state index >= 15 is 0 Å². The van der Waals surface area contributed by atoms with Gasteiger partial charge in [-0.1, -0.05) is 155 Å². The summed E-state index contributed by atoms with van der Waals surface area (Å²) in [5.74, 6) is 2.91. The van der Waals surface area contributed by atoms with E-state index in [1.165, 1.54) is 128 Å². The molecule has 9 atom stereocenters. The number of aliphatic carboxylic acids is 1. The third-order valence-corrected chi connectivity index (χ3v) is 14.8. The smallest absolute Gasteiger partial charge is 0.313 e. The monoisotopic (exact) mass is 709 g/mol. The van der Waals surface area contributed by atoms with Crippen molar-refractivity contribution >= 4 is 11.9 Å². The number of carboxylic acids is 1. The van der Waals surface area contributed by atoms with Crippen LogP contribution in [0.2, 0.25) is 0 Å². The maximum Gasteiger partial charge on any atom is 0.313 e. The van der Waals surface area contributed by atoms with Crippen LogP contribution in [0.3, 0.4) is 0 Å². The quantitative estimate of drug-likeness (QED) is 0.0652. The summed E-state index contributed by atoms with van der Waals surface area (Å²) >= 11 is 0. The van der Waals surface area contributed by atoms with Crippen LogP contribution < -0.4 is 0 Å². The van der Waals surface area contributed by atoms with E-state index in [0.717, 1.165) is 67.6 Å². The van der Waals surface area contributed by atoms with Crippen LogP contribution in [-0.2, 0) is 14.3 Å². The molecule has 0 saturated heterocycles. The van der Waals surface area contributed by atoms with Crippen molar-refractivity contribution in [3.63, 3.8) is 0 Å². The summed E-state index contributed by atoms with van der Waals surface area (Å²) in [6.07, 6.45) is 36.5. The summed E-state index contributed by atoms with van der Waals surface area (Å²) in [6.45, 7) is 14.7. The van der Waals surface area contributed by atoms with Crippen LogP contribution in [0.4, 0.5) is 0 Å². The molecule has 4 heteroatoms. The molecular weight excluding hydrogens is 629 g/mol. The molecule has 0 aliphatic heterocycles. The van der Waals surface area contributed by atoms with Gasteiger partial charge < -0.3 is 9.84 Å². The van der Waals surface area contributed by atoms with Crippen LogP contribution in [0.15, 0.2) is 23.8 Å². The van der Waals surface area contributed by atoms with E-state index in [0.29, 0.717) is 5.41 Å². The predicted molar refractivity (Wildman–Crippen MR) is 214 cm³/mol. The highest BCUT2D eigenvalue weighted by molar-refractivity contribution is 5.80. The van der Waals surface area contributed by atoms with E-state index in [2.05, 4.69) is 47.6 Å². The lowest BCUT2D eigenvalue weighted by Gasteiger charge is -2.58. The summed E-state index contributed by atoms with van der Waals surface area (Å²) in [6, 6.07) is 0. The average Bonchev–Trinajstić information content (AvgIpc) is 3.45. The average molecular weight is 709 g/mol. The Labute approximate surface area is 314 Å². The molecule has 4 rings (SSSR count). The third-order valence-electron chi connectivity index (χ3n) is 14.8. The lowest BCUT2D eigenvalue weighted by atomic mass is 9.47. The molecule has 0 bridgehead atoms. The van der Waals surface area contributed by atoms with E-state index < -0.39 is 11.9 Å². The topological polar surface area (TPSA) is 63.6 Å². The van der Waals surface area contributed by atoms with Gasteiger partial charge in [0, 0.05) is 6.42 Å². The molecule has 292 valence electrons. The molecule has 4 aliphatic rings. The van der Waals surface area contributed by atoms with Gasteiger partial charge in [0.1, 0.15) is 6.10 Å². The fraction of sp³-hybridized carbons (Fsp3) is 0.872. The molecule has 3 fully saturated rings. The first-order valence-corrected chi connectivity index (χ1v) is 22.3. The number of ether oxygens (including phenoxy) is 1. The second kappa shape index (κ2) is 20.8. The second-order valence-corrected chi connectivity index (χ2v) is 18.9. The maximum absolute atomic E-state index is 13.4. The second-order valence-electron chi connectivity index (χ2n) is 18.9. The Kier molecular flexibility index (Phi) is 17.2. The van der Waals surface area contributed by atoms with Crippen LogP contribution in [0.1, 0.15) is 202 Å². The molecule has 51 heavy (non-hydrogen) atoms. The zero-order valence-electron chi connectivity index (χ0n) is 34.2. The fourth-order valence-corrected chi connectivity index (χ4v) is 11.8. The molecule has 4 nitrogen and oxygen atoms in total. The van der Waals surface area contributed by atoms with Crippen LogP contribution >= 0.6 is 0 Å². The van der Waals surface area contributed by atoms with Gasteiger partial charge >= 0.3 is 11.9 Å². The summed E-state index contributed by atoms with van der Waals surface area (Å²) in [7, 11) is 0. The number of hydrogen-bond donors (Lipinski definition) is 1. The number of carbonyl (C=O) groups excluding carboxylic acids is 1. The number of hydrogen-bond acceptors (Lipinski definition) is 3. The molecule has 0 spiro atoms. The van der Waals surface area contributed by atoms with Crippen molar-refractivity contribution in [3.05, 3.63) is 23.8 Å². The first kappa shape index (κ1) is 42.2. The molecule has 0 aromatic rings. The lowest BCUT2D eigenvalue weighted by Crippen LogP contribution is -2.51. The van der Waals surface area contributed by atoms with Crippen molar-refractivity contribution in [2.24, 2.45) is 52.3 Å². The van der Waals surface area contributed by atoms with E-state index in [1.807, 2.05) is 12.2 Å². The van der Waals surface area contributed by atoms with Gasteiger partial charge in [0.05, 0.1) is 12.3 Å². The van der Waals surface area contributed by atoms with Crippen LogP contribution in [0.5, 0.6) is 0 Å². The largest absolute Gasteiger partial charge is 0.481 e. The van der Waals surface area contributed by atoms with E-state index in [-0.39, 0.29) is 23.9 Å². The molecule has 4 aliphatic carbocycles. The minimum atomic E-state index is -0.937.